The van der Waals surface area contributed by atoms with Crippen LogP contribution in [0.4, 0.5) is 0 Å². The van der Waals surface area contributed by atoms with Crippen LogP contribution in [0.1, 0.15) is 46.4 Å². The lowest BCUT2D eigenvalue weighted by Crippen LogP contribution is -2.39. The van der Waals surface area contributed by atoms with Gasteiger partial charge in [-0.1, -0.05) is 12.1 Å². The number of amides is 2. The first-order valence-corrected chi connectivity index (χ1v) is 10.1. The molecule has 152 valence electrons. The summed E-state index contributed by atoms with van der Waals surface area (Å²) in [6.45, 7) is 1.14. The number of likely N-dealkylation sites (tertiary alicyclic amines) is 1. The van der Waals surface area contributed by atoms with Crippen LogP contribution in [0.5, 0.6) is 11.5 Å². The Morgan fingerprint density at radius 3 is 2.55 bits per heavy atom. The summed E-state index contributed by atoms with van der Waals surface area (Å²) >= 11 is 0. The molecule has 4 rings (SSSR count). The van der Waals surface area contributed by atoms with Crippen molar-refractivity contribution < 1.29 is 19.1 Å². The van der Waals surface area contributed by atoms with Crippen molar-refractivity contribution >= 4 is 11.8 Å². The third-order valence-corrected chi connectivity index (χ3v) is 5.45. The smallest absolute Gasteiger partial charge is 0.257 e. The third kappa shape index (κ3) is 4.53. The molecule has 0 radical (unpaired) electrons. The Balaban J connectivity index is 1.36. The van der Waals surface area contributed by atoms with Crippen molar-refractivity contribution in [2.45, 2.75) is 37.8 Å². The van der Waals surface area contributed by atoms with Crippen LogP contribution in [-0.4, -0.2) is 49.1 Å². The quantitative estimate of drug-likeness (QED) is 0.783. The zero-order chi connectivity index (χ0) is 20.2. The molecule has 0 unspecified atom stereocenters. The maximum atomic E-state index is 13.0. The van der Waals surface area contributed by atoms with Crippen LogP contribution in [0, 0.1) is 0 Å². The van der Waals surface area contributed by atoms with Gasteiger partial charge in [-0.2, -0.15) is 0 Å². The fraction of sp³-hybridized carbons (Fsp3) is 0.391. The van der Waals surface area contributed by atoms with Crippen molar-refractivity contribution in [3.05, 3.63) is 59.7 Å². The molecule has 6 nitrogen and oxygen atoms in total. The van der Waals surface area contributed by atoms with E-state index in [9.17, 15) is 9.59 Å². The number of methoxy groups -OCH3 is 1. The van der Waals surface area contributed by atoms with E-state index in [2.05, 4.69) is 5.32 Å². The Hall–Kier alpha value is -3.02. The molecule has 1 aliphatic heterocycles. The largest absolute Gasteiger partial charge is 0.496 e. The van der Waals surface area contributed by atoms with Gasteiger partial charge in [0.25, 0.3) is 11.8 Å². The highest BCUT2D eigenvalue weighted by Gasteiger charge is 2.31. The van der Waals surface area contributed by atoms with Gasteiger partial charge >= 0.3 is 0 Å². The first-order chi connectivity index (χ1) is 14.2. The molecule has 1 saturated heterocycles. The van der Waals surface area contributed by atoms with Gasteiger partial charge in [-0.25, -0.2) is 0 Å². The van der Waals surface area contributed by atoms with E-state index in [0.717, 1.165) is 25.7 Å². The summed E-state index contributed by atoms with van der Waals surface area (Å²) in [5.74, 6) is 1.22. The summed E-state index contributed by atoms with van der Waals surface area (Å²) in [7, 11) is 1.57. The van der Waals surface area contributed by atoms with E-state index in [4.69, 9.17) is 9.47 Å². The SMILES string of the molecule is COc1ccccc1C(=O)N1CCC[C@@H]1COc1ccc(C(=O)NC2CC2)cc1. The summed E-state index contributed by atoms with van der Waals surface area (Å²) in [6, 6.07) is 14.8. The van der Waals surface area contributed by atoms with E-state index in [1.165, 1.54) is 0 Å². The second kappa shape index (κ2) is 8.55. The summed E-state index contributed by atoms with van der Waals surface area (Å²) in [5, 5.41) is 2.98. The molecule has 0 spiro atoms. The summed E-state index contributed by atoms with van der Waals surface area (Å²) in [4.78, 5) is 26.9. The highest BCUT2D eigenvalue weighted by Crippen LogP contribution is 2.26. The molecule has 29 heavy (non-hydrogen) atoms. The summed E-state index contributed by atoms with van der Waals surface area (Å²) in [6.07, 6.45) is 3.99. The standard InChI is InChI=1S/C23H26N2O4/c1-28-21-7-3-2-6-20(21)23(27)25-14-4-5-18(25)15-29-19-12-8-16(9-13-19)22(26)24-17-10-11-17/h2-3,6-9,12-13,17-18H,4-5,10-11,14-15H2,1H3,(H,24,26)/t18-/m1/s1. The highest BCUT2D eigenvalue weighted by molar-refractivity contribution is 5.97. The molecule has 1 saturated carbocycles. The predicted molar refractivity (Wildman–Crippen MR) is 109 cm³/mol. The Kier molecular flexibility index (Phi) is 5.69. The zero-order valence-electron chi connectivity index (χ0n) is 16.6. The van der Waals surface area contributed by atoms with Crippen LogP contribution >= 0.6 is 0 Å². The fourth-order valence-corrected chi connectivity index (χ4v) is 3.64. The van der Waals surface area contributed by atoms with Crippen LogP contribution in [0.3, 0.4) is 0 Å². The molecule has 1 heterocycles. The Labute approximate surface area is 170 Å². The lowest BCUT2D eigenvalue weighted by Gasteiger charge is -2.25. The van der Waals surface area contributed by atoms with Crippen molar-refractivity contribution in [1.29, 1.82) is 0 Å². The number of ether oxygens (including phenoxy) is 2. The molecule has 1 N–H and O–H groups in total. The van der Waals surface area contributed by atoms with Crippen LogP contribution in [0.25, 0.3) is 0 Å². The predicted octanol–water partition coefficient (Wildman–Crippen LogP) is 3.27. The van der Waals surface area contributed by atoms with Crippen molar-refractivity contribution in [3.8, 4) is 11.5 Å². The van der Waals surface area contributed by atoms with E-state index in [1.54, 1.807) is 31.4 Å². The Morgan fingerprint density at radius 1 is 1.07 bits per heavy atom. The second-order valence-corrected chi connectivity index (χ2v) is 7.58. The van der Waals surface area contributed by atoms with Crippen molar-refractivity contribution in [3.63, 3.8) is 0 Å². The number of carbonyl (C=O) groups excluding carboxylic acids is 2. The second-order valence-electron chi connectivity index (χ2n) is 7.58. The van der Waals surface area contributed by atoms with E-state index < -0.39 is 0 Å². The third-order valence-electron chi connectivity index (χ3n) is 5.45. The lowest BCUT2D eigenvalue weighted by atomic mass is 10.1. The van der Waals surface area contributed by atoms with Crippen molar-refractivity contribution in [1.82, 2.24) is 10.2 Å². The van der Waals surface area contributed by atoms with Crippen molar-refractivity contribution in [2.24, 2.45) is 0 Å². The van der Waals surface area contributed by atoms with Gasteiger partial charge in [-0.05, 0) is 62.1 Å². The molecule has 0 aromatic heterocycles. The van der Waals surface area contributed by atoms with Gasteiger partial charge in [0.05, 0.1) is 18.7 Å². The monoisotopic (exact) mass is 394 g/mol. The zero-order valence-corrected chi connectivity index (χ0v) is 16.6. The minimum atomic E-state index is -0.0385. The highest BCUT2D eigenvalue weighted by atomic mass is 16.5. The van der Waals surface area contributed by atoms with Gasteiger partial charge in [-0.15, -0.1) is 0 Å². The number of rotatable bonds is 7. The topological polar surface area (TPSA) is 67.9 Å². The first kappa shape index (κ1) is 19.3. The van der Waals surface area contributed by atoms with Crippen molar-refractivity contribution in [2.75, 3.05) is 20.3 Å². The summed E-state index contributed by atoms with van der Waals surface area (Å²) < 4.78 is 11.3. The molecule has 1 atom stereocenters. The van der Waals surface area contributed by atoms with Gasteiger partial charge in [0, 0.05) is 18.2 Å². The van der Waals surface area contributed by atoms with Crippen LogP contribution in [0.15, 0.2) is 48.5 Å². The van der Waals surface area contributed by atoms with E-state index in [-0.39, 0.29) is 17.9 Å². The number of hydrogen-bond acceptors (Lipinski definition) is 4. The average molecular weight is 394 g/mol. The average Bonchev–Trinajstić information content (AvgIpc) is 3.45. The fourth-order valence-electron chi connectivity index (χ4n) is 3.64. The van der Waals surface area contributed by atoms with Gasteiger partial charge in [-0.3, -0.25) is 9.59 Å². The first-order valence-electron chi connectivity index (χ1n) is 10.1. The van der Waals surface area contributed by atoms with Crippen LogP contribution in [0.2, 0.25) is 0 Å². The minimum absolute atomic E-state index is 0.0188. The Morgan fingerprint density at radius 2 is 1.83 bits per heavy atom. The number of para-hydroxylation sites is 1. The maximum absolute atomic E-state index is 13.0. The van der Waals surface area contributed by atoms with Crippen LogP contribution in [-0.2, 0) is 0 Å². The molecule has 2 aromatic carbocycles. The number of nitrogens with one attached hydrogen (secondary N) is 1. The molecule has 2 amide bonds. The van der Waals surface area contributed by atoms with Crippen LogP contribution < -0.4 is 14.8 Å². The molecular weight excluding hydrogens is 368 g/mol. The van der Waals surface area contributed by atoms with E-state index >= 15 is 0 Å². The molecular formula is C23H26N2O4. The maximum Gasteiger partial charge on any atom is 0.257 e. The van der Waals surface area contributed by atoms with Gasteiger partial charge < -0.3 is 19.7 Å². The Bertz CT molecular complexity index is 877. The molecule has 1 aliphatic carbocycles. The van der Waals surface area contributed by atoms with Gasteiger partial charge in [0.1, 0.15) is 18.1 Å². The molecule has 2 aliphatic rings. The molecule has 0 bridgehead atoms. The number of hydrogen-bond donors (Lipinski definition) is 1. The molecule has 2 aromatic rings. The lowest BCUT2D eigenvalue weighted by molar-refractivity contribution is 0.0688. The summed E-state index contributed by atoms with van der Waals surface area (Å²) in [5.41, 5.74) is 1.21. The normalized spacial score (nSPS) is 18.4. The molecule has 2 fully saturated rings. The number of nitrogens with zero attached hydrogens (tertiary/aromatic N) is 1. The van der Waals surface area contributed by atoms with E-state index in [0.29, 0.717) is 41.8 Å². The minimum Gasteiger partial charge on any atom is -0.496 e. The van der Waals surface area contributed by atoms with Gasteiger partial charge in [0.2, 0.25) is 0 Å². The number of benzene rings is 2. The molecule has 6 heteroatoms. The van der Waals surface area contributed by atoms with E-state index in [1.807, 2.05) is 29.2 Å². The number of carbonyl (C=O) groups is 2. The van der Waals surface area contributed by atoms with Gasteiger partial charge in [0.15, 0.2) is 0 Å².